The topological polar surface area (TPSA) is 135 Å². The third kappa shape index (κ3) is 4.43. The lowest BCUT2D eigenvalue weighted by atomic mass is 10.1. The van der Waals surface area contributed by atoms with E-state index in [-0.39, 0.29) is 29.4 Å². The average Bonchev–Trinajstić information content (AvgIpc) is 3.24. The number of nitrogens with one attached hydrogen (secondary N) is 2. The van der Waals surface area contributed by atoms with Crippen LogP contribution in [0.1, 0.15) is 17.5 Å². The molecular formula is C19H17FN6O4S. The molecule has 1 aliphatic rings. The highest BCUT2D eigenvalue weighted by molar-refractivity contribution is 7.90. The van der Waals surface area contributed by atoms with E-state index in [2.05, 4.69) is 25.7 Å². The van der Waals surface area contributed by atoms with Gasteiger partial charge in [-0.1, -0.05) is 12.1 Å². The first kappa shape index (κ1) is 20.6. The van der Waals surface area contributed by atoms with Crippen molar-refractivity contribution in [1.29, 1.82) is 0 Å². The molecule has 0 spiro atoms. The average molecular weight is 444 g/mol. The maximum Gasteiger partial charge on any atom is 0.254 e. The van der Waals surface area contributed by atoms with Crippen LogP contribution in [-0.2, 0) is 25.8 Å². The van der Waals surface area contributed by atoms with Crippen LogP contribution in [0.25, 0.3) is 11.7 Å². The minimum Gasteiger partial charge on any atom is -0.354 e. The summed E-state index contributed by atoms with van der Waals surface area (Å²) in [5.74, 6) is -1.16. The maximum atomic E-state index is 13.4. The van der Waals surface area contributed by atoms with Crippen LogP contribution in [0.15, 0.2) is 41.2 Å². The Morgan fingerprint density at radius 3 is 2.77 bits per heavy atom. The van der Waals surface area contributed by atoms with Gasteiger partial charge in [-0.15, -0.1) is 0 Å². The van der Waals surface area contributed by atoms with Crippen LogP contribution < -0.4 is 10.6 Å². The monoisotopic (exact) mass is 444 g/mol. The second kappa shape index (κ2) is 7.87. The zero-order valence-corrected chi connectivity index (χ0v) is 17.1. The van der Waals surface area contributed by atoms with Crippen molar-refractivity contribution < 1.29 is 22.4 Å². The molecule has 0 atom stereocenters. The summed E-state index contributed by atoms with van der Waals surface area (Å²) in [5.41, 5.74) is 1.49. The second-order valence-electron chi connectivity index (χ2n) is 6.97. The van der Waals surface area contributed by atoms with Crippen LogP contribution in [-0.4, -0.2) is 52.6 Å². The number of carbonyl (C=O) groups excluding carboxylic acids is 2. The van der Waals surface area contributed by atoms with E-state index in [1.54, 1.807) is 12.1 Å². The van der Waals surface area contributed by atoms with Gasteiger partial charge in [0, 0.05) is 23.9 Å². The summed E-state index contributed by atoms with van der Waals surface area (Å²) < 4.78 is 38.8. The third-order valence-corrected chi connectivity index (χ3v) is 5.36. The molecule has 1 aromatic carbocycles. The number of nitrogens with zero attached hydrogens (tertiary/aromatic N) is 4. The van der Waals surface area contributed by atoms with Gasteiger partial charge in [-0.3, -0.25) is 14.9 Å². The minimum absolute atomic E-state index is 0.0844. The Kier molecular flexibility index (Phi) is 5.23. The lowest BCUT2D eigenvalue weighted by molar-refractivity contribution is -0.124. The van der Waals surface area contributed by atoms with Gasteiger partial charge < -0.3 is 5.32 Å². The van der Waals surface area contributed by atoms with Crippen molar-refractivity contribution >= 4 is 39.3 Å². The highest BCUT2D eigenvalue weighted by atomic mass is 32.2. The second-order valence-corrected chi connectivity index (χ2v) is 8.88. The molecule has 160 valence electrons. The summed E-state index contributed by atoms with van der Waals surface area (Å²) in [6.45, 7) is 0.325. The molecule has 10 nitrogen and oxygen atoms in total. The number of imide groups is 1. The molecule has 0 saturated carbocycles. The van der Waals surface area contributed by atoms with Crippen molar-refractivity contribution in [3.63, 3.8) is 0 Å². The van der Waals surface area contributed by atoms with Gasteiger partial charge in [0.1, 0.15) is 5.82 Å². The van der Waals surface area contributed by atoms with E-state index in [1.165, 1.54) is 28.9 Å². The number of hydrogen-bond acceptors (Lipinski definition) is 8. The Bertz CT molecular complexity index is 1350. The van der Waals surface area contributed by atoms with Crippen molar-refractivity contribution in [1.82, 2.24) is 24.9 Å². The fourth-order valence-corrected chi connectivity index (χ4v) is 3.58. The molecule has 1 saturated heterocycles. The van der Waals surface area contributed by atoms with Gasteiger partial charge in [0.05, 0.1) is 12.6 Å². The maximum absolute atomic E-state index is 13.4. The quantitative estimate of drug-likeness (QED) is 0.420. The van der Waals surface area contributed by atoms with E-state index in [9.17, 15) is 22.4 Å². The summed E-state index contributed by atoms with van der Waals surface area (Å²) in [6.07, 6.45) is 4.19. The highest BCUT2D eigenvalue weighted by Crippen LogP contribution is 2.20. The molecule has 3 aromatic rings. The molecule has 31 heavy (non-hydrogen) atoms. The fraction of sp³-hybridized carbons (Fsp3) is 0.211. The molecule has 2 amide bonds. The largest absolute Gasteiger partial charge is 0.354 e. The Hall–Kier alpha value is -3.67. The lowest BCUT2D eigenvalue weighted by Crippen LogP contribution is -2.19. The molecule has 0 aliphatic carbocycles. The number of aromatic nitrogens is 4. The van der Waals surface area contributed by atoms with Crippen LogP contribution in [0, 0.1) is 5.82 Å². The molecule has 2 aromatic heterocycles. The van der Waals surface area contributed by atoms with E-state index in [0.717, 1.165) is 11.8 Å². The Morgan fingerprint density at radius 2 is 2.10 bits per heavy atom. The van der Waals surface area contributed by atoms with Crippen LogP contribution in [0.3, 0.4) is 0 Å². The van der Waals surface area contributed by atoms with Gasteiger partial charge in [-0.25, -0.2) is 12.8 Å². The van der Waals surface area contributed by atoms with E-state index < -0.39 is 26.8 Å². The van der Waals surface area contributed by atoms with Gasteiger partial charge in [-0.05, 0) is 30.2 Å². The first-order valence-corrected chi connectivity index (χ1v) is 11.1. The van der Waals surface area contributed by atoms with Gasteiger partial charge in [-0.2, -0.15) is 19.6 Å². The summed E-state index contributed by atoms with van der Waals surface area (Å²) in [4.78, 5) is 31.4. The normalized spacial score (nSPS) is 15.6. The number of sulfone groups is 1. The number of fused-ring (bicyclic) bond motifs is 1. The third-order valence-electron chi connectivity index (χ3n) is 4.52. The SMILES string of the molecule is CS(=O)(=O)c1nc(NCCc2cccc(F)c2)n2ncc(C=C3CC(=O)NC3=O)c2n1. The number of carbonyl (C=O) groups is 2. The number of hydrogen-bond donors (Lipinski definition) is 2. The summed E-state index contributed by atoms with van der Waals surface area (Å²) >= 11 is 0. The smallest absolute Gasteiger partial charge is 0.254 e. The number of halogens is 1. The number of anilines is 1. The molecule has 12 heteroatoms. The molecule has 4 rings (SSSR count). The van der Waals surface area contributed by atoms with Crippen molar-refractivity contribution in [2.24, 2.45) is 0 Å². The molecule has 1 fully saturated rings. The first-order chi connectivity index (χ1) is 14.7. The van der Waals surface area contributed by atoms with Gasteiger partial charge in [0.25, 0.3) is 11.1 Å². The van der Waals surface area contributed by atoms with Crippen molar-refractivity contribution in [3.8, 4) is 0 Å². The number of benzene rings is 1. The Balaban J connectivity index is 1.69. The first-order valence-electron chi connectivity index (χ1n) is 9.19. The molecule has 0 bridgehead atoms. The zero-order chi connectivity index (χ0) is 22.2. The lowest BCUT2D eigenvalue weighted by Gasteiger charge is -2.09. The van der Waals surface area contributed by atoms with E-state index >= 15 is 0 Å². The molecule has 0 unspecified atom stereocenters. The van der Waals surface area contributed by atoms with E-state index in [4.69, 9.17) is 0 Å². The molecular weight excluding hydrogens is 427 g/mol. The molecule has 0 radical (unpaired) electrons. The highest BCUT2D eigenvalue weighted by Gasteiger charge is 2.25. The van der Waals surface area contributed by atoms with Crippen molar-refractivity contribution in [2.45, 2.75) is 18.0 Å². The van der Waals surface area contributed by atoms with Crippen LogP contribution in [0.4, 0.5) is 10.3 Å². The summed E-state index contributed by atoms with van der Waals surface area (Å²) in [6, 6.07) is 6.13. The number of amides is 2. The fourth-order valence-electron chi connectivity index (χ4n) is 3.08. The van der Waals surface area contributed by atoms with Gasteiger partial charge >= 0.3 is 0 Å². The molecule has 3 heterocycles. The van der Waals surface area contributed by atoms with Gasteiger partial charge in [0.2, 0.25) is 21.7 Å². The number of rotatable bonds is 6. The van der Waals surface area contributed by atoms with Crippen molar-refractivity contribution in [2.75, 3.05) is 18.1 Å². The Morgan fingerprint density at radius 1 is 1.29 bits per heavy atom. The molecule has 2 N–H and O–H groups in total. The van der Waals surface area contributed by atoms with Crippen LogP contribution in [0.5, 0.6) is 0 Å². The van der Waals surface area contributed by atoms with E-state index in [1.807, 2.05) is 0 Å². The standard InChI is InChI=1S/C19H17FN6O4S/c1-31(29,30)19-24-16-13(8-12-9-15(27)23-17(12)28)10-22-26(16)18(25-19)21-6-5-11-3-2-4-14(20)7-11/h2-4,7-8,10H,5-6,9H2,1H3,(H,21,24,25)(H,23,27,28). The van der Waals surface area contributed by atoms with Crippen LogP contribution in [0.2, 0.25) is 0 Å². The van der Waals surface area contributed by atoms with E-state index in [0.29, 0.717) is 18.5 Å². The minimum atomic E-state index is -3.75. The zero-order valence-electron chi connectivity index (χ0n) is 16.3. The Labute approximate surface area is 176 Å². The summed E-state index contributed by atoms with van der Waals surface area (Å²) in [5, 5.41) is 8.94. The van der Waals surface area contributed by atoms with Gasteiger partial charge in [0.15, 0.2) is 5.65 Å². The molecule has 1 aliphatic heterocycles. The predicted octanol–water partition coefficient (Wildman–Crippen LogP) is 0.751. The van der Waals surface area contributed by atoms with Crippen molar-refractivity contribution in [3.05, 3.63) is 53.0 Å². The van der Waals surface area contributed by atoms with Crippen LogP contribution >= 0.6 is 0 Å². The summed E-state index contributed by atoms with van der Waals surface area (Å²) in [7, 11) is -3.75. The predicted molar refractivity (Wildman–Crippen MR) is 108 cm³/mol.